The van der Waals surface area contributed by atoms with Crippen LogP contribution in [0.15, 0.2) is 97.1 Å². The molecule has 1 aliphatic carbocycles. The van der Waals surface area contributed by atoms with E-state index < -0.39 is 0 Å². The largest absolute Gasteiger partial charge is 0.335 e. The molecule has 0 spiro atoms. The summed E-state index contributed by atoms with van der Waals surface area (Å²) in [6.45, 7) is 11.7. The third-order valence-corrected chi connectivity index (χ3v) is 7.48. The Balaban J connectivity index is 1.72. The Hall–Kier alpha value is -3.58. The molecule has 0 saturated carbocycles. The summed E-state index contributed by atoms with van der Waals surface area (Å²) >= 11 is 0. The first-order chi connectivity index (χ1) is 16.3. The molecule has 0 atom stereocenters. The highest BCUT2D eigenvalue weighted by atomic mass is 15.2. The minimum Gasteiger partial charge on any atom is -0.335 e. The number of benzene rings is 5. The molecule has 1 nitrogen and oxygen atoms in total. The van der Waals surface area contributed by atoms with Crippen molar-refractivity contribution >= 4 is 32.9 Å². The Bertz CT molecular complexity index is 1570. The van der Waals surface area contributed by atoms with Crippen molar-refractivity contribution in [2.24, 2.45) is 0 Å². The van der Waals surface area contributed by atoms with Crippen molar-refractivity contribution in [1.29, 1.82) is 0 Å². The van der Waals surface area contributed by atoms with E-state index in [1.54, 1.807) is 0 Å². The number of hydrogen-bond acceptors (Lipinski definition) is 1. The number of nitrogens with zero attached hydrogens (tertiary/aromatic N) is 1. The number of anilines is 2. The zero-order chi connectivity index (χ0) is 23.7. The van der Waals surface area contributed by atoms with Gasteiger partial charge in [0.2, 0.25) is 0 Å². The zero-order valence-electron chi connectivity index (χ0n) is 20.7. The van der Waals surface area contributed by atoms with Crippen molar-refractivity contribution < 1.29 is 0 Å². The van der Waals surface area contributed by atoms with Gasteiger partial charge in [-0.25, -0.2) is 0 Å². The highest BCUT2D eigenvalue weighted by Crippen LogP contribution is 2.54. The number of fused-ring (bicyclic) bond motifs is 6. The Morgan fingerprint density at radius 1 is 0.588 bits per heavy atom. The fourth-order valence-corrected chi connectivity index (χ4v) is 5.99. The van der Waals surface area contributed by atoms with E-state index in [4.69, 9.17) is 0 Å². The van der Waals surface area contributed by atoms with Gasteiger partial charge in [-0.3, -0.25) is 0 Å². The topological polar surface area (TPSA) is 3.24 Å². The molecule has 6 rings (SSSR count). The van der Waals surface area contributed by atoms with E-state index in [0.29, 0.717) is 0 Å². The monoisotopic (exact) mass is 441 g/mol. The van der Waals surface area contributed by atoms with Crippen LogP contribution in [-0.2, 0) is 5.41 Å². The van der Waals surface area contributed by atoms with Crippen LogP contribution in [0, 0.1) is 0 Å². The van der Waals surface area contributed by atoms with Gasteiger partial charge in [0.05, 0.1) is 5.69 Å². The lowest BCUT2D eigenvalue weighted by molar-refractivity contribution is 0.561. The van der Waals surface area contributed by atoms with Gasteiger partial charge in [0.15, 0.2) is 0 Å². The summed E-state index contributed by atoms with van der Waals surface area (Å²) in [6.07, 6.45) is 0. The molecule has 5 aromatic rings. The fourth-order valence-electron chi connectivity index (χ4n) is 5.99. The highest BCUT2D eigenvalue weighted by molar-refractivity contribution is 6.14. The van der Waals surface area contributed by atoms with Crippen LogP contribution in [0.25, 0.3) is 32.7 Å². The summed E-state index contributed by atoms with van der Waals surface area (Å²) < 4.78 is 0. The lowest BCUT2D eigenvalue weighted by Gasteiger charge is -2.40. The van der Waals surface area contributed by atoms with Crippen molar-refractivity contribution in [1.82, 2.24) is 0 Å². The molecule has 0 bridgehead atoms. The van der Waals surface area contributed by atoms with Gasteiger partial charge in [-0.2, -0.15) is 0 Å². The van der Waals surface area contributed by atoms with Crippen LogP contribution in [0.3, 0.4) is 0 Å². The van der Waals surface area contributed by atoms with E-state index in [2.05, 4.69) is 137 Å². The van der Waals surface area contributed by atoms with E-state index in [1.807, 2.05) is 0 Å². The summed E-state index contributed by atoms with van der Waals surface area (Å²) in [6, 6.07) is 35.8. The van der Waals surface area contributed by atoms with E-state index in [9.17, 15) is 0 Å². The first kappa shape index (κ1) is 21.0. The van der Waals surface area contributed by atoms with E-state index >= 15 is 0 Å². The summed E-state index contributed by atoms with van der Waals surface area (Å²) in [5.74, 6) is 0. The van der Waals surface area contributed by atoms with E-state index in [1.165, 1.54) is 55.2 Å². The van der Waals surface area contributed by atoms with Gasteiger partial charge in [0.25, 0.3) is 0 Å². The second-order valence-electron chi connectivity index (χ2n) is 11.0. The first-order valence-electron chi connectivity index (χ1n) is 12.2. The van der Waals surface area contributed by atoms with Crippen LogP contribution >= 0.6 is 0 Å². The Morgan fingerprint density at radius 2 is 1.21 bits per heavy atom. The molecule has 0 heterocycles. The second-order valence-corrected chi connectivity index (χ2v) is 11.0. The predicted molar refractivity (Wildman–Crippen MR) is 147 cm³/mol. The molecule has 5 aromatic carbocycles. The van der Waals surface area contributed by atoms with Gasteiger partial charge in [0, 0.05) is 27.6 Å². The predicted octanol–water partition coefficient (Wildman–Crippen LogP) is 9.24. The molecule has 0 aliphatic heterocycles. The molecule has 34 heavy (non-hydrogen) atoms. The molecular weight excluding hydrogens is 410 g/mol. The lowest BCUT2D eigenvalue weighted by Crippen LogP contribution is -2.38. The average molecular weight is 442 g/mol. The van der Waals surface area contributed by atoms with Crippen LogP contribution in [0.5, 0.6) is 0 Å². The normalized spacial score (nSPS) is 14.3. The minimum atomic E-state index is -0.123. The summed E-state index contributed by atoms with van der Waals surface area (Å²) in [4.78, 5) is 2.57. The fraction of sp³-hybridized carbons (Fsp3) is 0.212. The second kappa shape index (κ2) is 7.21. The molecule has 1 aliphatic rings. The third-order valence-electron chi connectivity index (χ3n) is 7.48. The van der Waals surface area contributed by atoms with Gasteiger partial charge in [-0.05, 0) is 65.8 Å². The molecule has 0 saturated heterocycles. The maximum absolute atomic E-state index is 2.57. The molecular formula is C33H31N. The summed E-state index contributed by atoms with van der Waals surface area (Å²) in [5, 5.41) is 5.18. The molecule has 168 valence electrons. The van der Waals surface area contributed by atoms with Crippen molar-refractivity contribution in [2.45, 2.75) is 45.6 Å². The minimum absolute atomic E-state index is 0.0169. The van der Waals surface area contributed by atoms with Crippen molar-refractivity contribution in [3.8, 4) is 11.1 Å². The van der Waals surface area contributed by atoms with Gasteiger partial charge in [0.1, 0.15) is 0 Å². The average Bonchev–Trinajstić information content (AvgIpc) is 3.06. The molecule has 0 N–H and O–H groups in total. The molecule has 0 unspecified atom stereocenters. The van der Waals surface area contributed by atoms with E-state index in [0.717, 1.165) is 0 Å². The van der Waals surface area contributed by atoms with Crippen LogP contribution in [-0.4, -0.2) is 5.54 Å². The van der Waals surface area contributed by atoms with Gasteiger partial charge >= 0.3 is 0 Å². The van der Waals surface area contributed by atoms with Crippen LogP contribution < -0.4 is 4.90 Å². The summed E-state index contributed by atoms with van der Waals surface area (Å²) in [5.41, 5.74) is 7.95. The van der Waals surface area contributed by atoms with Gasteiger partial charge in [-0.15, -0.1) is 0 Å². The Morgan fingerprint density at radius 3 is 1.97 bits per heavy atom. The van der Waals surface area contributed by atoms with Gasteiger partial charge < -0.3 is 4.90 Å². The number of hydrogen-bond donors (Lipinski definition) is 0. The van der Waals surface area contributed by atoms with E-state index in [-0.39, 0.29) is 11.0 Å². The third kappa shape index (κ3) is 2.93. The lowest BCUT2D eigenvalue weighted by atomic mass is 9.82. The maximum Gasteiger partial charge on any atom is 0.0502 e. The molecule has 0 radical (unpaired) electrons. The molecule has 0 aromatic heterocycles. The van der Waals surface area contributed by atoms with Crippen LogP contribution in [0.2, 0.25) is 0 Å². The first-order valence-corrected chi connectivity index (χ1v) is 12.2. The maximum atomic E-state index is 2.57. The zero-order valence-corrected chi connectivity index (χ0v) is 20.7. The highest BCUT2D eigenvalue weighted by Gasteiger charge is 2.39. The van der Waals surface area contributed by atoms with Gasteiger partial charge in [-0.1, -0.05) is 98.8 Å². The quantitative estimate of drug-likeness (QED) is 0.247. The standard InChI is InChI=1S/C33H31N/c1-32(2,3)34(30-21-22-13-6-7-14-23(22)24-15-8-9-16-25(24)30)29-20-12-19-28-31(29)26-17-10-11-18-27(26)33(28,4)5/h6-21H,1-5H3. The Labute approximate surface area is 202 Å². The van der Waals surface area contributed by atoms with Crippen molar-refractivity contribution in [2.75, 3.05) is 4.90 Å². The number of rotatable bonds is 2. The van der Waals surface area contributed by atoms with Crippen LogP contribution in [0.1, 0.15) is 45.7 Å². The van der Waals surface area contributed by atoms with Crippen LogP contribution in [0.4, 0.5) is 11.4 Å². The SMILES string of the molecule is CC1(C)c2ccccc2-c2c(N(c3cc4ccccc4c4ccccc34)C(C)(C)C)cccc21. The molecule has 0 fully saturated rings. The van der Waals surface area contributed by atoms with Crippen molar-refractivity contribution in [3.63, 3.8) is 0 Å². The smallest absolute Gasteiger partial charge is 0.0502 e. The summed E-state index contributed by atoms with van der Waals surface area (Å²) in [7, 11) is 0. The molecule has 0 amide bonds. The molecule has 1 heteroatoms. The Kier molecular flexibility index (Phi) is 4.45. The van der Waals surface area contributed by atoms with Crippen molar-refractivity contribution in [3.05, 3.63) is 108 Å².